The number of rotatable bonds is 5. The summed E-state index contributed by atoms with van der Waals surface area (Å²) in [4.78, 5) is 0.171. The van der Waals surface area contributed by atoms with Gasteiger partial charge < -0.3 is 9.26 Å². The number of sulfone groups is 1. The van der Waals surface area contributed by atoms with Crippen LogP contribution in [0.4, 0.5) is 0 Å². The zero-order chi connectivity index (χ0) is 20.4. The fourth-order valence-electron chi connectivity index (χ4n) is 2.97. The van der Waals surface area contributed by atoms with E-state index in [1.807, 2.05) is 0 Å². The third-order valence-corrected chi connectivity index (χ3v) is 6.50. The van der Waals surface area contributed by atoms with Gasteiger partial charge in [-0.05, 0) is 48.5 Å². The maximum atomic E-state index is 13.5. The minimum Gasteiger partial charge on any atom is -0.497 e. The Morgan fingerprint density at radius 1 is 0.862 bits per heavy atom. The predicted molar refractivity (Wildman–Crippen MR) is 111 cm³/mol. The van der Waals surface area contributed by atoms with Crippen LogP contribution in [0.3, 0.4) is 0 Å². The fraction of sp³-hybridized carbons (Fsp3) is 0.0455. The van der Waals surface area contributed by atoms with Crippen molar-refractivity contribution in [2.45, 2.75) is 9.79 Å². The summed E-state index contributed by atoms with van der Waals surface area (Å²) < 4.78 is 37.8. The molecule has 1 heterocycles. The van der Waals surface area contributed by atoms with Gasteiger partial charge in [-0.3, -0.25) is 0 Å². The van der Waals surface area contributed by atoms with Crippen LogP contribution in [0, 0.1) is 0 Å². The van der Waals surface area contributed by atoms with Crippen molar-refractivity contribution in [1.82, 2.24) is 5.16 Å². The van der Waals surface area contributed by atoms with Gasteiger partial charge in [0.15, 0.2) is 5.76 Å². The molecule has 0 amide bonds. The number of aromatic nitrogens is 1. The molecule has 4 rings (SSSR count). The van der Waals surface area contributed by atoms with Crippen LogP contribution in [0.5, 0.6) is 5.75 Å². The van der Waals surface area contributed by atoms with Crippen LogP contribution in [0.1, 0.15) is 0 Å². The first-order valence-corrected chi connectivity index (χ1v) is 10.6. The van der Waals surface area contributed by atoms with Crippen LogP contribution in [-0.2, 0) is 9.84 Å². The van der Waals surface area contributed by atoms with Gasteiger partial charge in [0.25, 0.3) is 0 Å². The predicted octanol–water partition coefficient (Wildman–Crippen LogP) is 5.50. The average molecular weight is 426 g/mol. The molecule has 0 aliphatic heterocycles. The molecule has 5 nitrogen and oxygen atoms in total. The Labute approximate surface area is 173 Å². The molecule has 0 saturated carbocycles. The first kappa shape index (κ1) is 19.2. The first-order valence-electron chi connectivity index (χ1n) is 8.71. The summed E-state index contributed by atoms with van der Waals surface area (Å²) in [7, 11) is -2.34. The van der Waals surface area contributed by atoms with E-state index in [9.17, 15) is 8.42 Å². The molecule has 4 aromatic rings. The molecule has 3 aromatic carbocycles. The summed E-state index contributed by atoms with van der Waals surface area (Å²) in [5.41, 5.74) is 1.40. The topological polar surface area (TPSA) is 69.4 Å². The van der Waals surface area contributed by atoms with Gasteiger partial charge in [-0.1, -0.05) is 47.1 Å². The quantitative estimate of drug-likeness (QED) is 0.422. The van der Waals surface area contributed by atoms with Gasteiger partial charge in [0.1, 0.15) is 16.3 Å². The number of benzene rings is 3. The molecule has 0 spiro atoms. The highest BCUT2D eigenvalue weighted by Crippen LogP contribution is 2.39. The van der Waals surface area contributed by atoms with E-state index in [2.05, 4.69) is 5.16 Å². The second kappa shape index (κ2) is 7.73. The van der Waals surface area contributed by atoms with E-state index in [1.54, 1.807) is 86.0 Å². The number of halogens is 1. The smallest absolute Gasteiger partial charge is 0.212 e. The highest BCUT2D eigenvalue weighted by atomic mass is 35.5. The van der Waals surface area contributed by atoms with Crippen LogP contribution in [0.15, 0.2) is 93.2 Å². The molecule has 0 aliphatic carbocycles. The second-order valence-corrected chi connectivity index (χ2v) is 8.56. The van der Waals surface area contributed by atoms with E-state index in [0.717, 1.165) is 0 Å². The minimum absolute atomic E-state index is 0.0104. The van der Waals surface area contributed by atoms with Crippen LogP contribution in [0.25, 0.3) is 22.6 Å². The Morgan fingerprint density at radius 2 is 1.48 bits per heavy atom. The Balaban J connectivity index is 1.96. The second-order valence-electron chi connectivity index (χ2n) is 6.24. The lowest BCUT2D eigenvalue weighted by molar-refractivity contribution is 0.414. The van der Waals surface area contributed by atoms with E-state index in [4.69, 9.17) is 20.9 Å². The summed E-state index contributed by atoms with van der Waals surface area (Å²) in [6.07, 6.45) is 0. The standard InChI is InChI=1S/C22H16ClNO4S/c1-27-18-13-9-16(10-14-18)21-22(29(25,26)19-5-3-2-4-6-19)20(24-28-21)15-7-11-17(23)12-8-15/h2-14H,1H3. The van der Waals surface area contributed by atoms with Crippen LogP contribution < -0.4 is 4.74 Å². The third kappa shape index (κ3) is 3.64. The van der Waals surface area contributed by atoms with Gasteiger partial charge in [0.2, 0.25) is 9.84 Å². The largest absolute Gasteiger partial charge is 0.497 e. The van der Waals surface area contributed by atoms with E-state index in [1.165, 1.54) is 0 Å². The van der Waals surface area contributed by atoms with Crippen molar-refractivity contribution in [2.75, 3.05) is 7.11 Å². The summed E-state index contributed by atoms with van der Waals surface area (Å²) in [6.45, 7) is 0. The highest BCUT2D eigenvalue weighted by Gasteiger charge is 2.31. The lowest BCUT2D eigenvalue weighted by Gasteiger charge is -2.07. The normalized spacial score (nSPS) is 11.4. The van der Waals surface area contributed by atoms with Gasteiger partial charge in [0.05, 0.1) is 12.0 Å². The Bertz CT molecular complexity index is 1230. The third-order valence-electron chi connectivity index (χ3n) is 4.44. The molecule has 0 fully saturated rings. The van der Waals surface area contributed by atoms with Crippen molar-refractivity contribution in [3.63, 3.8) is 0 Å². The number of ether oxygens (including phenoxy) is 1. The van der Waals surface area contributed by atoms with Gasteiger partial charge in [-0.2, -0.15) is 0 Å². The Morgan fingerprint density at radius 3 is 2.10 bits per heavy atom. The summed E-state index contributed by atoms with van der Waals surface area (Å²) >= 11 is 5.98. The molecule has 7 heteroatoms. The molecule has 1 aromatic heterocycles. The lowest BCUT2D eigenvalue weighted by Crippen LogP contribution is -2.04. The van der Waals surface area contributed by atoms with E-state index in [0.29, 0.717) is 21.9 Å². The van der Waals surface area contributed by atoms with Crippen molar-refractivity contribution < 1.29 is 17.7 Å². The van der Waals surface area contributed by atoms with Crippen molar-refractivity contribution in [3.05, 3.63) is 83.9 Å². The number of hydrogen-bond donors (Lipinski definition) is 0. The number of hydrogen-bond acceptors (Lipinski definition) is 5. The number of methoxy groups -OCH3 is 1. The summed E-state index contributed by atoms with van der Waals surface area (Å²) in [6, 6.07) is 21.9. The number of nitrogens with zero attached hydrogens (tertiary/aromatic N) is 1. The molecule has 0 atom stereocenters. The van der Waals surface area contributed by atoms with E-state index < -0.39 is 9.84 Å². The molecule has 0 unspecified atom stereocenters. The van der Waals surface area contributed by atoms with Gasteiger partial charge in [0, 0.05) is 16.1 Å². The molecule has 146 valence electrons. The molecule has 0 saturated heterocycles. The average Bonchev–Trinajstić information content (AvgIpc) is 3.21. The highest BCUT2D eigenvalue weighted by molar-refractivity contribution is 7.91. The van der Waals surface area contributed by atoms with Crippen molar-refractivity contribution in [2.24, 2.45) is 0 Å². The van der Waals surface area contributed by atoms with Gasteiger partial charge in [-0.25, -0.2) is 8.42 Å². The van der Waals surface area contributed by atoms with Crippen LogP contribution in [-0.4, -0.2) is 20.7 Å². The Kier molecular flexibility index (Phi) is 5.13. The summed E-state index contributed by atoms with van der Waals surface area (Å²) in [5.74, 6) is 0.820. The molecule has 0 bridgehead atoms. The first-order chi connectivity index (χ1) is 14.0. The van der Waals surface area contributed by atoms with Crippen molar-refractivity contribution in [1.29, 1.82) is 0 Å². The zero-order valence-corrected chi connectivity index (χ0v) is 16.9. The van der Waals surface area contributed by atoms with Crippen molar-refractivity contribution in [3.8, 4) is 28.3 Å². The minimum atomic E-state index is -3.90. The van der Waals surface area contributed by atoms with Crippen molar-refractivity contribution >= 4 is 21.4 Å². The molecule has 0 aliphatic rings. The molecular formula is C22H16ClNO4S. The SMILES string of the molecule is COc1ccc(-c2onc(-c3ccc(Cl)cc3)c2S(=O)(=O)c2ccccc2)cc1. The van der Waals surface area contributed by atoms with E-state index >= 15 is 0 Å². The lowest BCUT2D eigenvalue weighted by atomic mass is 10.1. The molecule has 0 radical (unpaired) electrons. The van der Waals surface area contributed by atoms with Gasteiger partial charge in [-0.15, -0.1) is 0 Å². The zero-order valence-electron chi connectivity index (χ0n) is 15.4. The van der Waals surface area contributed by atoms with E-state index in [-0.39, 0.29) is 21.2 Å². The van der Waals surface area contributed by atoms with Gasteiger partial charge >= 0.3 is 0 Å². The van der Waals surface area contributed by atoms with Crippen LogP contribution in [0.2, 0.25) is 5.02 Å². The molecule has 29 heavy (non-hydrogen) atoms. The maximum absolute atomic E-state index is 13.5. The monoisotopic (exact) mass is 425 g/mol. The summed E-state index contributed by atoms with van der Waals surface area (Å²) in [5, 5.41) is 4.64. The van der Waals surface area contributed by atoms with Crippen LogP contribution >= 0.6 is 11.6 Å². The molecule has 0 N–H and O–H groups in total. The maximum Gasteiger partial charge on any atom is 0.212 e. The Hall–Kier alpha value is -3.09. The molecular weight excluding hydrogens is 410 g/mol. The fourth-order valence-corrected chi connectivity index (χ4v) is 4.65.